The lowest BCUT2D eigenvalue weighted by molar-refractivity contribution is 0.310. The first kappa shape index (κ1) is 11.5. The first-order valence-electron chi connectivity index (χ1n) is 4.72. The second-order valence-electron chi connectivity index (χ2n) is 3.61. The van der Waals surface area contributed by atoms with Crippen molar-refractivity contribution in [2.45, 2.75) is 33.6 Å². The monoisotopic (exact) mass is 170 g/mol. The van der Waals surface area contributed by atoms with E-state index in [-0.39, 0.29) is 0 Å². The summed E-state index contributed by atoms with van der Waals surface area (Å²) in [6.07, 6.45) is 4.66. The molecule has 0 radical (unpaired) electrons. The van der Waals surface area contributed by atoms with Crippen LogP contribution in [0.1, 0.15) is 33.6 Å². The number of hydrazine groups is 1. The fraction of sp³-hybridized carbons (Fsp3) is 0.800. The number of nitrogens with one attached hydrogen (secondary N) is 1. The summed E-state index contributed by atoms with van der Waals surface area (Å²) in [6, 6.07) is 0. The fourth-order valence-electron chi connectivity index (χ4n) is 0.968. The zero-order chi connectivity index (χ0) is 9.56. The van der Waals surface area contributed by atoms with Crippen molar-refractivity contribution < 1.29 is 0 Å². The zero-order valence-electron chi connectivity index (χ0n) is 9.02. The Kier molecular flexibility index (Phi) is 5.81. The smallest absolute Gasteiger partial charge is 0.0249 e. The lowest BCUT2D eigenvalue weighted by atomic mass is 10.1. The van der Waals surface area contributed by atoms with Gasteiger partial charge in [-0.3, -0.25) is 0 Å². The number of nitrogens with zero attached hydrogens (tertiary/aromatic N) is 1. The summed E-state index contributed by atoms with van der Waals surface area (Å²) in [7, 11) is 4.03. The molecule has 0 fully saturated rings. The number of allylic oxidation sites excluding steroid dienone is 2. The average Bonchev–Trinajstić information content (AvgIpc) is 1.96. The van der Waals surface area contributed by atoms with Gasteiger partial charge in [-0.05, 0) is 12.3 Å². The molecule has 12 heavy (non-hydrogen) atoms. The van der Waals surface area contributed by atoms with Crippen molar-refractivity contribution in [1.82, 2.24) is 10.4 Å². The second-order valence-corrected chi connectivity index (χ2v) is 3.61. The molecule has 1 N–H and O–H groups in total. The molecular formula is C10H22N2. The van der Waals surface area contributed by atoms with Crippen LogP contribution in [-0.4, -0.2) is 19.1 Å². The van der Waals surface area contributed by atoms with E-state index in [1.165, 1.54) is 12.1 Å². The predicted octanol–water partition coefficient (Wildman–Crippen LogP) is 2.39. The first-order valence-corrected chi connectivity index (χ1v) is 4.72. The normalized spacial score (nSPS) is 12.8. The van der Waals surface area contributed by atoms with Gasteiger partial charge in [0, 0.05) is 19.8 Å². The van der Waals surface area contributed by atoms with Gasteiger partial charge in [-0.2, -0.15) is 0 Å². The highest BCUT2D eigenvalue weighted by Gasteiger charge is 2.01. The van der Waals surface area contributed by atoms with Crippen molar-refractivity contribution in [2.24, 2.45) is 5.92 Å². The first-order chi connectivity index (χ1) is 5.57. The molecule has 0 amide bonds. The molecule has 0 saturated heterocycles. The largest absolute Gasteiger partial charge is 0.324 e. The summed E-state index contributed by atoms with van der Waals surface area (Å²) in [5, 5.41) is 1.99. The lowest BCUT2D eigenvalue weighted by Crippen LogP contribution is -2.31. The predicted molar refractivity (Wildman–Crippen MR) is 54.7 cm³/mol. The molecule has 72 valence electrons. The minimum absolute atomic E-state index is 0.582. The molecule has 0 unspecified atom stereocenters. The molecule has 0 aliphatic heterocycles. The van der Waals surface area contributed by atoms with Crippen molar-refractivity contribution in [2.75, 3.05) is 14.1 Å². The van der Waals surface area contributed by atoms with Crippen molar-refractivity contribution in [3.63, 3.8) is 0 Å². The van der Waals surface area contributed by atoms with E-state index in [9.17, 15) is 0 Å². The number of unbranched alkanes of at least 4 members (excludes halogenated alkanes) is 1. The second kappa shape index (κ2) is 6.06. The maximum Gasteiger partial charge on any atom is 0.0249 e. The third-order valence-corrected chi connectivity index (χ3v) is 1.63. The van der Waals surface area contributed by atoms with Crippen LogP contribution in [0.2, 0.25) is 0 Å². The van der Waals surface area contributed by atoms with E-state index in [0.29, 0.717) is 5.92 Å². The number of hydrogen-bond donors (Lipinski definition) is 1. The molecule has 0 aliphatic carbocycles. The molecule has 0 atom stereocenters. The molecule has 0 aromatic carbocycles. The van der Waals surface area contributed by atoms with Gasteiger partial charge in [-0.1, -0.05) is 33.3 Å². The SMILES string of the molecule is CCC/C=C(/NN(C)C)C(C)C. The molecule has 2 heteroatoms. The van der Waals surface area contributed by atoms with Crippen LogP contribution in [0.25, 0.3) is 0 Å². The molecule has 0 rings (SSSR count). The molecular weight excluding hydrogens is 148 g/mol. The molecule has 0 aliphatic rings. The van der Waals surface area contributed by atoms with Gasteiger partial charge in [-0.15, -0.1) is 0 Å². The van der Waals surface area contributed by atoms with Gasteiger partial charge in [0.15, 0.2) is 0 Å². The maximum atomic E-state index is 3.31. The molecule has 0 spiro atoms. The zero-order valence-corrected chi connectivity index (χ0v) is 9.02. The van der Waals surface area contributed by atoms with Crippen LogP contribution in [0.4, 0.5) is 0 Å². The molecule has 2 nitrogen and oxygen atoms in total. The van der Waals surface area contributed by atoms with Crippen LogP contribution in [0.15, 0.2) is 11.8 Å². The minimum atomic E-state index is 0.582. The molecule has 0 aromatic heterocycles. The summed E-state index contributed by atoms with van der Waals surface area (Å²) in [5.41, 5.74) is 4.63. The summed E-state index contributed by atoms with van der Waals surface area (Å²) in [5.74, 6) is 0.582. The molecule has 0 saturated carbocycles. The van der Waals surface area contributed by atoms with Gasteiger partial charge >= 0.3 is 0 Å². The van der Waals surface area contributed by atoms with Crippen molar-refractivity contribution in [3.05, 3.63) is 11.8 Å². The Hall–Kier alpha value is -0.500. The van der Waals surface area contributed by atoms with Crippen LogP contribution in [0.5, 0.6) is 0 Å². The van der Waals surface area contributed by atoms with Crippen molar-refractivity contribution in [3.8, 4) is 0 Å². The third kappa shape index (κ3) is 5.19. The highest BCUT2D eigenvalue weighted by Crippen LogP contribution is 2.07. The lowest BCUT2D eigenvalue weighted by Gasteiger charge is -2.19. The van der Waals surface area contributed by atoms with E-state index in [0.717, 1.165) is 6.42 Å². The van der Waals surface area contributed by atoms with Gasteiger partial charge in [0.25, 0.3) is 0 Å². The molecule has 0 aromatic rings. The van der Waals surface area contributed by atoms with Gasteiger partial charge in [0.1, 0.15) is 0 Å². The van der Waals surface area contributed by atoms with Crippen LogP contribution in [-0.2, 0) is 0 Å². The number of rotatable bonds is 5. The summed E-state index contributed by atoms with van der Waals surface area (Å²) < 4.78 is 0. The van der Waals surface area contributed by atoms with Crippen LogP contribution in [0.3, 0.4) is 0 Å². The summed E-state index contributed by atoms with van der Waals surface area (Å²) in [4.78, 5) is 0. The van der Waals surface area contributed by atoms with E-state index >= 15 is 0 Å². The highest BCUT2D eigenvalue weighted by atomic mass is 15.5. The van der Waals surface area contributed by atoms with E-state index in [2.05, 4.69) is 32.3 Å². The Bertz CT molecular complexity index is 137. The molecule has 0 heterocycles. The standard InChI is InChI=1S/C10H22N2/c1-6-7-8-10(9(2)3)11-12(4)5/h8-9,11H,6-7H2,1-5H3/b10-8+. The van der Waals surface area contributed by atoms with E-state index in [1.807, 2.05) is 19.1 Å². The van der Waals surface area contributed by atoms with Crippen molar-refractivity contribution in [1.29, 1.82) is 0 Å². The minimum Gasteiger partial charge on any atom is -0.324 e. The quantitative estimate of drug-likeness (QED) is 0.637. The maximum absolute atomic E-state index is 3.31. The Morgan fingerprint density at radius 3 is 2.33 bits per heavy atom. The van der Waals surface area contributed by atoms with Gasteiger partial charge in [0.05, 0.1) is 0 Å². The summed E-state index contributed by atoms with van der Waals surface area (Å²) >= 11 is 0. The topological polar surface area (TPSA) is 15.3 Å². The Morgan fingerprint density at radius 1 is 1.42 bits per heavy atom. The van der Waals surface area contributed by atoms with Crippen LogP contribution < -0.4 is 5.43 Å². The van der Waals surface area contributed by atoms with Gasteiger partial charge < -0.3 is 5.43 Å². The summed E-state index contributed by atoms with van der Waals surface area (Å²) in [6.45, 7) is 6.61. The van der Waals surface area contributed by atoms with E-state index in [1.54, 1.807) is 0 Å². The third-order valence-electron chi connectivity index (χ3n) is 1.63. The van der Waals surface area contributed by atoms with Gasteiger partial charge in [-0.25, -0.2) is 5.01 Å². The Balaban J connectivity index is 4.03. The molecule has 0 bridgehead atoms. The van der Waals surface area contributed by atoms with Gasteiger partial charge in [0.2, 0.25) is 0 Å². The van der Waals surface area contributed by atoms with Crippen LogP contribution in [0, 0.1) is 5.92 Å². The highest BCUT2D eigenvalue weighted by molar-refractivity contribution is 5.01. The van der Waals surface area contributed by atoms with E-state index in [4.69, 9.17) is 0 Å². The van der Waals surface area contributed by atoms with Crippen LogP contribution >= 0.6 is 0 Å². The van der Waals surface area contributed by atoms with E-state index < -0.39 is 0 Å². The Morgan fingerprint density at radius 2 is 2.00 bits per heavy atom. The Labute approximate surface area is 76.6 Å². The average molecular weight is 170 g/mol. The fourth-order valence-corrected chi connectivity index (χ4v) is 0.968. The van der Waals surface area contributed by atoms with Crippen molar-refractivity contribution >= 4 is 0 Å². The number of hydrogen-bond acceptors (Lipinski definition) is 2.